The van der Waals surface area contributed by atoms with Gasteiger partial charge in [0.15, 0.2) is 0 Å². The second-order valence-electron chi connectivity index (χ2n) is 4.10. The summed E-state index contributed by atoms with van der Waals surface area (Å²) in [6.07, 6.45) is 0.631. The SMILES string of the molecule is CCC(O)CNC(=O)C(N)Cc1ccccc1. The average Bonchev–Trinajstić information content (AvgIpc) is 2.36. The fourth-order valence-electron chi connectivity index (χ4n) is 1.45. The number of carbonyl (C=O) groups excluding carboxylic acids is 1. The fourth-order valence-corrected chi connectivity index (χ4v) is 1.45. The molecule has 1 rings (SSSR count). The van der Waals surface area contributed by atoms with Gasteiger partial charge in [-0.1, -0.05) is 37.3 Å². The Bertz CT molecular complexity index is 341. The van der Waals surface area contributed by atoms with Crippen LogP contribution in [0.25, 0.3) is 0 Å². The van der Waals surface area contributed by atoms with Gasteiger partial charge in [0.05, 0.1) is 12.1 Å². The number of hydrogen-bond acceptors (Lipinski definition) is 3. The van der Waals surface area contributed by atoms with Crippen LogP contribution in [-0.2, 0) is 11.2 Å². The molecule has 0 aliphatic rings. The van der Waals surface area contributed by atoms with Crippen LogP contribution in [-0.4, -0.2) is 29.7 Å². The quantitative estimate of drug-likeness (QED) is 0.671. The van der Waals surface area contributed by atoms with Gasteiger partial charge in [-0.3, -0.25) is 4.79 Å². The fraction of sp³-hybridized carbons (Fsp3) is 0.462. The first-order chi connectivity index (χ1) is 8.13. The van der Waals surface area contributed by atoms with E-state index in [1.165, 1.54) is 0 Å². The molecule has 94 valence electrons. The van der Waals surface area contributed by atoms with Crippen molar-refractivity contribution in [3.05, 3.63) is 35.9 Å². The second-order valence-corrected chi connectivity index (χ2v) is 4.10. The molecule has 0 saturated carbocycles. The lowest BCUT2D eigenvalue weighted by Gasteiger charge is -2.14. The van der Waals surface area contributed by atoms with Crippen LogP contribution >= 0.6 is 0 Å². The normalized spacial score (nSPS) is 14.1. The molecule has 0 radical (unpaired) electrons. The Morgan fingerprint density at radius 3 is 2.65 bits per heavy atom. The third kappa shape index (κ3) is 4.97. The number of amides is 1. The molecule has 2 unspecified atom stereocenters. The Kier molecular flexibility index (Phi) is 5.66. The Hall–Kier alpha value is -1.39. The molecule has 4 nitrogen and oxygen atoms in total. The molecular formula is C13H20N2O2. The summed E-state index contributed by atoms with van der Waals surface area (Å²) in [6.45, 7) is 2.12. The van der Waals surface area contributed by atoms with Gasteiger partial charge in [-0.2, -0.15) is 0 Å². The second kappa shape index (κ2) is 7.04. The molecule has 0 aliphatic carbocycles. The highest BCUT2D eigenvalue weighted by Gasteiger charge is 2.14. The van der Waals surface area contributed by atoms with Crippen molar-refractivity contribution in [1.82, 2.24) is 5.32 Å². The lowest BCUT2D eigenvalue weighted by Crippen LogP contribution is -2.44. The number of nitrogens with two attached hydrogens (primary N) is 1. The van der Waals surface area contributed by atoms with E-state index in [9.17, 15) is 9.90 Å². The maximum Gasteiger partial charge on any atom is 0.237 e. The van der Waals surface area contributed by atoms with E-state index >= 15 is 0 Å². The number of benzene rings is 1. The van der Waals surface area contributed by atoms with Gasteiger partial charge in [0.1, 0.15) is 0 Å². The van der Waals surface area contributed by atoms with Crippen LogP contribution in [0.4, 0.5) is 0 Å². The molecule has 2 atom stereocenters. The maximum atomic E-state index is 11.6. The van der Waals surface area contributed by atoms with E-state index in [1.807, 2.05) is 37.3 Å². The smallest absolute Gasteiger partial charge is 0.237 e. The Labute approximate surface area is 102 Å². The average molecular weight is 236 g/mol. The van der Waals surface area contributed by atoms with Crippen molar-refractivity contribution >= 4 is 5.91 Å². The predicted octanol–water partition coefficient (Wildman–Crippen LogP) is 0.444. The Morgan fingerprint density at radius 2 is 2.06 bits per heavy atom. The van der Waals surface area contributed by atoms with E-state index in [0.717, 1.165) is 5.56 Å². The standard InChI is InChI=1S/C13H20N2O2/c1-2-11(16)9-15-13(17)12(14)8-10-6-4-3-5-7-10/h3-7,11-12,16H,2,8-9,14H2,1H3,(H,15,17). The summed E-state index contributed by atoms with van der Waals surface area (Å²) in [4.78, 5) is 11.6. The molecule has 0 saturated heterocycles. The number of aliphatic hydroxyl groups is 1. The van der Waals surface area contributed by atoms with Crippen LogP contribution in [0.1, 0.15) is 18.9 Å². The minimum Gasteiger partial charge on any atom is -0.391 e. The number of rotatable bonds is 6. The molecule has 4 N–H and O–H groups in total. The van der Waals surface area contributed by atoms with Crippen LogP contribution in [0.15, 0.2) is 30.3 Å². The van der Waals surface area contributed by atoms with E-state index in [4.69, 9.17) is 5.73 Å². The first-order valence-electron chi connectivity index (χ1n) is 5.88. The predicted molar refractivity (Wildman–Crippen MR) is 67.4 cm³/mol. The molecule has 0 fully saturated rings. The molecule has 0 spiro atoms. The number of carbonyl (C=O) groups is 1. The third-order valence-corrected chi connectivity index (χ3v) is 2.62. The minimum absolute atomic E-state index is 0.221. The monoisotopic (exact) mass is 236 g/mol. The van der Waals surface area contributed by atoms with Gasteiger partial charge in [0.25, 0.3) is 0 Å². The lowest BCUT2D eigenvalue weighted by atomic mass is 10.1. The van der Waals surface area contributed by atoms with E-state index < -0.39 is 12.1 Å². The first-order valence-corrected chi connectivity index (χ1v) is 5.88. The zero-order chi connectivity index (χ0) is 12.7. The highest BCUT2D eigenvalue weighted by Crippen LogP contribution is 2.01. The van der Waals surface area contributed by atoms with Gasteiger partial charge in [-0.15, -0.1) is 0 Å². The molecule has 0 heterocycles. The topological polar surface area (TPSA) is 75.3 Å². The van der Waals surface area contributed by atoms with Gasteiger partial charge in [-0.25, -0.2) is 0 Å². The van der Waals surface area contributed by atoms with Gasteiger partial charge in [0.2, 0.25) is 5.91 Å². The zero-order valence-electron chi connectivity index (χ0n) is 10.1. The largest absolute Gasteiger partial charge is 0.391 e. The Morgan fingerprint density at radius 1 is 1.41 bits per heavy atom. The Balaban J connectivity index is 2.37. The maximum absolute atomic E-state index is 11.6. The highest BCUT2D eigenvalue weighted by molar-refractivity contribution is 5.81. The number of aliphatic hydroxyl groups excluding tert-OH is 1. The van der Waals surface area contributed by atoms with E-state index in [-0.39, 0.29) is 12.5 Å². The van der Waals surface area contributed by atoms with Crippen molar-refractivity contribution in [2.24, 2.45) is 5.73 Å². The van der Waals surface area contributed by atoms with Crippen LogP contribution < -0.4 is 11.1 Å². The number of nitrogens with one attached hydrogen (secondary N) is 1. The van der Waals surface area contributed by atoms with E-state index in [0.29, 0.717) is 12.8 Å². The van der Waals surface area contributed by atoms with Crippen molar-refractivity contribution in [2.45, 2.75) is 31.9 Å². The van der Waals surface area contributed by atoms with Gasteiger partial charge in [0, 0.05) is 6.54 Å². The summed E-state index contributed by atoms with van der Waals surface area (Å²) in [7, 11) is 0. The molecule has 0 aliphatic heterocycles. The molecule has 0 aromatic heterocycles. The lowest BCUT2D eigenvalue weighted by molar-refractivity contribution is -0.122. The van der Waals surface area contributed by atoms with Crippen molar-refractivity contribution in [1.29, 1.82) is 0 Å². The summed E-state index contributed by atoms with van der Waals surface area (Å²) in [5, 5.41) is 12.0. The number of hydrogen-bond donors (Lipinski definition) is 3. The minimum atomic E-state index is -0.568. The summed E-state index contributed by atoms with van der Waals surface area (Å²) < 4.78 is 0. The zero-order valence-corrected chi connectivity index (χ0v) is 10.1. The highest BCUT2D eigenvalue weighted by atomic mass is 16.3. The van der Waals surface area contributed by atoms with Crippen molar-refractivity contribution < 1.29 is 9.90 Å². The van der Waals surface area contributed by atoms with Crippen LogP contribution in [0.5, 0.6) is 0 Å². The molecule has 1 aromatic carbocycles. The summed E-state index contributed by atoms with van der Waals surface area (Å²) in [5.74, 6) is -0.221. The van der Waals surface area contributed by atoms with Crippen LogP contribution in [0.2, 0.25) is 0 Å². The van der Waals surface area contributed by atoms with Crippen LogP contribution in [0, 0.1) is 0 Å². The van der Waals surface area contributed by atoms with Gasteiger partial charge < -0.3 is 16.2 Å². The summed E-state index contributed by atoms with van der Waals surface area (Å²) >= 11 is 0. The van der Waals surface area contributed by atoms with Crippen molar-refractivity contribution in [2.75, 3.05) is 6.54 Å². The van der Waals surface area contributed by atoms with E-state index in [2.05, 4.69) is 5.32 Å². The molecular weight excluding hydrogens is 216 g/mol. The van der Waals surface area contributed by atoms with Gasteiger partial charge in [-0.05, 0) is 18.4 Å². The van der Waals surface area contributed by atoms with Crippen LogP contribution in [0.3, 0.4) is 0 Å². The molecule has 1 aromatic rings. The van der Waals surface area contributed by atoms with Crippen molar-refractivity contribution in [3.8, 4) is 0 Å². The molecule has 17 heavy (non-hydrogen) atoms. The summed E-state index contributed by atoms with van der Waals surface area (Å²) in [5.41, 5.74) is 6.82. The molecule has 4 heteroatoms. The molecule has 1 amide bonds. The third-order valence-electron chi connectivity index (χ3n) is 2.62. The molecule has 0 bridgehead atoms. The first kappa shape index (κ1) is 13.7. The van der Waals surface area contributed by atoms with E-state index in [1.54, 1.807) is 0 Å². The van der Waals surface area contributed by atoms with Crippen molar-refractivity contribution in [3.63, 3.8) is 0 Å². The summed E-state index contributed by atoms with van der Waals surface area (Å²) in [6, 6.07) is 9.07. The van der Waals surface area contributed by atoms with Gasteiger partial charge >= 0.3 is 0 Å².